The number of rotatable bonds is 6. The third-order valence-corrected chi connectivity index (χ3v) is 8.43. The first kappa shape index (κ1) is 24.6. The number of aryl methyl sites for hydroxylation is 3. The van der Waals surface area contributed by atoms with E-state index in [1.54, 1.807) is 12.1 Å². The van der Waals surface area contributed by atoms with Crippen LogP contribution in [-0.2, 0) is 14.8 Å². The van der Waals surface area contributed by atoms with Crippen LogP contribution >= 0.6 is 11.6 Å². The molecule has 8 heteroatoms. The van der Waals surface area contributed by atoms with Crippen molar-refractivity contribution in [3.63, 3.8) is 0 Å². The highest BCUT2D eigenvalue weighted by Crippen LogP contribution is 2.32. The molecule has 1 N–H and O–H groups in total. The van der Waals surface area contributed by atoms with E-state index in [2.05, 4.69) is 38.2 Å². The fourth-order valence-corrected chi connectivity index (χ4v) is 6.10. The van der Waals surface area contributed by atoms with Crippen LogP contribution in [0.3, 0.4) is 0 Å². The molecule has 1 atom stereocenters. The van der Waals surface area contributed by atoms with E-state index in [1.807, 2.05) is 6.92 Å². The van der Waals surface area contributed by atoms with E-state index in [9.17, 15) is 13.2 Å². The van der Waals surface area contributed by atoms with Crippen molar-refractivity contribution in [3.8, 4) is 5.75 Å². The Balaban J connectivity index is 1.66. The van der Waals surface area contributed by atoms with Gasteiger partial charge in [-0.05, 0) is 81.0 Å². The molecular weight excluding hydrogens is 448 g/mol. The predicted molar refractivity (Wildman–Crippen MR) is 127 cm³/mol. The van der Waals surface area contributed by atoms with E-state index in [0.29, 0.717) is 17.9 Å². The normalized spacial score (nSPS) is 16.6. The number of carbonyl (C=O) groups is 1. The zero-order valence-corrected chi connectivity index (χ0v) is 20.8. The first-order chi connectivity index (χ1) is 15.0. The van der Waals surface area contributed by atoms with Crippen LogP contribution < -0.4 is 10.1 Å². The van der Waals surface area contributed by atoms with Gasteiger partial charge in [-0.3, -0.25) is 4.79 Å². The standard InChI is InChI=1S/C24H31ClN2O4S/c1-15-12-17(3)21(13-16(15)2)18(4)26-24(28)19-8-10-27(11-9-19)32(29,30)23-14-20(25)6-7-22(23)31-5/h6-7,12-14,18-19H,8-11H2,1-5H3,(H,26,28). The summed E-state index contributed by atoms with van der Waals surface area (Å²) in [5, 5.41) is 3.45. The van der Waals surface area contributed by atoms with Crippen molar-refractivity contribution in [1.29, 1.82) is 0 Å². The smallest absolute Gasteiger partial charge is 0.246 e. The maximum absolute atomic E-state index is 13.1. The lowest BCUT2D eigenvalue weighted by Gasteiger charge is -2.31. The highest BCUT2D eigenvalue weighted by atomic mass is 35.5. The average molecular weight is 479 g/mol. The van der Waals surface area contributed by atoms with Crippen LogP contribution in [0, 0.1) is 26.7 Å². The lowest BCUT2D eigenvalue weighted by Crippen LogP contribution is -2.43. The van der Waals surface area contributed by atoms with Gasteiger partial charge in [0.15, 0.2) is 0 Å². The zero-order valence-electron chi connectivity index (χ0n) is 19.2. The van der Waals surface area contributed by atoms with E-state index >= 15 is 0 Å². The van der Waals surface area contributed by atoms with Crippen molar-refractivity contribution in [2.75, 3.05) is 20.2 Å². The quantitative estimate of drug-likeness (QED) is 0.660. The van der Waals surface area contributed by atoms with E-state index in [0.717, 1.165) is 11.1 Å². The van der Waals surface area contributed by atoms with E-state index in [-0.39, 0.29) is 41.6 Å². The molecule has 0 aromatic heterocycles. The van der Waals surface area contributed by atoms with Gasteiger partial charge >= 0.3 is 0 Å². The summed E-state index contributed by atoms with van der Waals surface area (Å²) in [5.41, 5.74) is 4.68. The van der Waals surface area contributed by atoms with Gasteiger partial charge in [-0.25, -0.2) is 8.42 Å². The SMILES string of the molecule is COc1ccc(Cl)cc1S(=O)(=O)N1CCC(C(=O)NC(C)c2cc(C)c(C)cc2C)CC1. The number of carbonyl (C=O) groups excluding carboxylic acids is 1. The molecule has 0 radical (unpaired) electrons. The topological polar surface area (TPSA) is 75.7 Å². The van der Waals surface area contributed by atoms with Gasteiger partial charge in [0.1, 0.15) is 10.6 Å². The molecule has 1 fully saturated rings. The Kier molecular flexibility index (Phi) is 7.53. The van der Waals surface area contributed by atoms with Crippen LogP contribution in [0.25, 0.3) is 0 Å². The van der Waals surface area contributed by atoms with Crippen LogP contribution in [-0.4, -0.2) is 38.8 Å². The zero-order chi connectivity index (χ0) is 23.6. The summed E-state index contributed by atoms with van der Waals surface area (Å²) in [6.07, 6.45) is 0.930. The molecule has 174 valence electrons. The number of methoxy groups -OCH3 is 1. The molecule has 3 rings (SSSR count). The van der Waals surface area contributed by atoms with Crippen molar-refractivity contribution in [3.05, 3.63) is 57.6 Å². The molecule has 1 amide bonds. The Hall–Kier alpha value is -2.09. The van der Waals surface area contributed by atoms with Gasteiger partial charge in [-0.2, -0.15) is 4.31 Å². The summed E-state index contributed by atoms with van der Waals surface area (Å²) in [6.45, 7) is 8.73. The van der Waals surface area contributed by atoms with Gasteiger partial charge in [-0.1, -0.05) is 23.7 Å². The van der Waals surface area contributed by atoms with Crippen molar-refractivity contribution in [1.82, 2.24) is 9.62 Å². The summed E-state index contributed by atoms with van der Waals surface area (Å²) in [5.74, 6) is -0.00336. The fraction of sp³-hybridized carbons (Fsp3) is 0.458. The number of benzene rings is 2. The number of nitrogens with one attached hydrogen (secondary N) is 1. The first-order valence-electron chi connectivity index (χ1n) is 10.8. The fourth-order valence-electron chi connectivity index (χ4n) is 4.21. The molecule has 6 nitrogen and oxygen atoms in total. The lowest BCUT2D eigenvalue weighted by molar-refractivity contribution is -0.126. The largest absolute Gasteiger partial charge is 0.495 e. The molecule has 2 aromatic carbocycles. The number of hydrogen-bond donors (Lipinski definition) is 1. The maximum Gasteiger partial charge on any atom is 0.246 e. The number of piperidine rings is 1. The Morgan fingerprint density at radius 1 is 1.09 bits per heavy atom. The predicted octanol–water partition coefficient (Wildman–Crippen LogP) is 4.55. The van der Waals surface area contributed by atoms with Gasteiger partial charge in [0, 0.05) is 24.0 Å². The van der Waals surface area contributed by atoms with Gasteiger partial charge in [-0.15, -0.1) is 0 Å². The first-order valence-corrected chi connectivity index (χ1v) is 12.6. The van der Waals surface area contributed by atoms with Crippen molar-refractivity contribution >= 4 is 27.5 Å². The van der Waals surface area contributed by atoms with Gasteiger partial charge in [0.2, 0.25) is 15.9 Å². The molecule has 1 aliphatic heterocycles. The highest BCUT2D eigenvalue weighted by molar-refractivity contribution is 7.89. The molecule has 1 unspecified atom stereocenters. The van der Waals surface area contributed by atoms with Crippen molar-refractivity contribution in [2.45, 2.75) is 51.5 Å². The van der Waals surface area contributed by atoms with Crippen LogP contribution in [0.5, 0.6) is 5.75 Å². The third kappa shape index (κ3) is 5.11. The molecule has 0 aliphatic carbocycles. The van der Waals surface area contributed by atoms with E-state index < -0.39 is 10.0 Å². The highest BCUT2D eigenvalue weighted by Gasteiger charge is 2.34. The molecule has 0 spiro atoms. The van der Waals surface area contributed by atoms with Crippen LogP contribution in [0.2, 0.25) is 5.02 Å². The Labute approximate surface area is 196 Å². The molecule has 32 heavy (non-hydrogen) atoms. The van der Waals surface area contributed by atoms with E-state index in [4.69, 9.17) is 16.3 Å². The van der Waals surface area contributed by atoms with E-state index in [1.165, 1.54) is 28.6 Å². The summed E-state index contributed by atoms with van der Waals surface area (Å²) in [7, 11) is -2.34. The number of hydrogen-bond acceptors (Lipinski definition) is 4. The second kappa shape index (κ2) is 9.81. The Bertz CT molecular complexity index is 1110. The molecule has 2 aromatic rings. The summed E-state index contributed by atoms with van der Waals surface area (Å²) < 4.78 is 32.9. The summed E-state index contributed by atoms with van der Waals surface area (Å²) in [4.78, 5) is 13.0. The Morgan fingerprint density at radius 3 is 2.34 bits per heavy atom. The molecule has 1 saturated heterocycles. The molecule has 1 heterocycles. The van der Waals surface area contributed by atoms with Crippen LogP contribution in [0.15, 0.2) is 35.2 Å². The molecular formula is C24H31ClN2O4S. The van der Waals surface area contributed by atoms with Gasteiger partial charge in [0.05, 0.1) is 13.2 Å². The van der Waals surface area contributed by atoms with Crippen LogP contribution in [0.4, 0.5) is 0 Å². The maximum atomic E-state index is 13.1. The van der Waals surface area contributed by atoms with Gasteiger partial charge in [0.25, 0.3) is 0 Å². The minimum Gasteiger partial charge on any atom is -0.495 e. The van der Waals surface area contributed by atoms with Crippen molar-refractivity contribution < 1.29 is 17.9 Å². The monoisotopic (exact) mass is 478 g/mol. The number of amides is 1. The number of sulfonamides is 1. The second-order valence-electron chi connectivity index (χ2n) is 8.50. The summed E-state index contributed by atoms with van der Waals surface area (Å²) in [6, 6.07) is 8.70. The lowest BCUT2D eigenvalue weighted by atomic mass is 9.94. The van der Waals surface area contributed by atoms with Crippen LogP contribution in [0.1, 0.15) is 48.1 Å². The average Bonchev–Trinajstić information content (AvgIpc) is 2.76. The minimum absolute atomic E-state index is 0.0347. The van der Waals surface area contributed by atoms with Crippen molar-refractivity contribution in [2.24, 2.45) is 5.92 Å². The Morgan fingerprint density at radius 2 is 1.72 bits per heavy atom. The number of halogens is 1. The number of ether oxygens (including phenoxy) is 1. The van der Waals surface area contributed by atoms with Gasteiger partial charge < -0.3 is 10.1 Å². The molecule has 0 saturated carbocycles. The molecule has 0 bridgehead atoms. The minimum atomic E-state index is -3.76. The summed E-state index contributed by atoms with van der Waals surface area (Å²) >= 11 is 6.02. The second-order valence-corrected chi connectivity index (χ2v) is 10.8. The third-order valence-electron chi connectivity index (χ3n) is 6.28. The number of nitrogens with zero attached hydrogens (tertiary/aromatic N) is 1. The molecule has 1 aliphatic rings.